The van der Waals surface area contributed by atoms with Crippen LogP contribution in [0.2, 0.25) is 0 Å². The first-order valence-corrected chi connectivity index (χ1v) is 8.04. The smallest absolute Gasteiger partial charge is 0.243 e. The number of nitrogens with zero attached hydrogens (tertiary/aromatic N) is 1. The second kappa shape index (κ2) is 6.82. The highest BCUT2D eigenvalue weighted by Crippen LogP contribution is 2.17. The molecule has 5 heteroatoms. The molecule has 0 fully saturated rings. The summed E-state index contributed by atoms with van der Waals surface area (Å²) < 4.78 is 25.9. The number of ketones is 1. The Labute approximate surface area is 115 Å². The monoisotopic (exact) mass is 283 g/mol. The van der Waals surface area contributed by atoms with E-state index in [1.165, 1.54) is 16.4 Å². The molecule has 19 heavy (non-hydrogen) atoms. The van der Waals surface area contributed by atoms with E-state index in [1.54, 1.807) is 26.0 Å². The number of carbonyl (C=O) groups is 1. The molecule has 0 N–H and O–H groups in total. The molecule has 1 aromatic rings. The summed E-state index contributed by atoms with van der Waals surface area (Å²) >= 11 is 0. The van der Waals surface area contributed by atoms with E-state index < -0.39 is 10.0 Å². The molecule has 0 saturated carbocycles. The minimum absolute atomic E-state index is 0.0503. The van der Waals surface area contributed by atoms with Crippen molar-refractivity contribution in [2.24, 2.45) is 0 Å². The van der Waals surface area contributed by atoms with Gasteiger partial charge < -0.3 is 0 Å². The summed E-state index contributed by atoms with van der Waals surface area (Å²) in [5, 5.41) is 0. The van der Waals surface area contributed by atoms with Gasteiger partial charge in [-0.25, -0.2) is 8.42 Å². The summed E-state index contributed by atoms with van der Waals surface area (Å²) in [6, 6.07) is 6.20. The Kier molecular flexibility index (Phi) is 5.69. The second-order valence-electron chi connectivity index (χ2n) is 4.29. The van der Waals surface area contributed by atoms with Gasteiger partial charge in [-0.05, 0) is 18.6 Å². The van der Waals surface area contributed by atoms with E-state index in [1.807, 2.05) is 6.92 Å². The molecule has 0 aromatic heterocycles. The van der Waals surface area contributed by atoms with Crippen LogP contribution in [-0.4, -0.2) is 31.6 Å². The van der Waals surface area contributed by atoms with Crippen molar-refractivity contribution in [2.45, 2.75) is 38.5 Å². The lowest BCUT2D eigenvalue weighted by atomic mass is 10.1. The minimum Gasteiger partial charge on any atom is -0.294 e. The van der Waals surface area contributed by atoms with Crippen molar-refractivity contribution in [3.63, 3.8) is 0 Å². The molecule has 0 atom stereocenters. The quantitative estimate of drug-likeness (QED) is 0.723. The molecule has 1 aromatic carbocycles. The van der Waals surface area contributed by atoms with Crippen LogP contribution in [0.3, 0.4) is 0 Å². The Balaban J connectivity index is 3.02. The summed E-state index contributed by atoms with van der Waals surface area (Å²) in [5.74, 6) is 0.0503. The average molecular weight is 283 g/mol. The number of benzene rings is 1. The van der Waals surface area contributed by atoms with Gasteiger partial charge in [0.2, 0.25) is 10.0 Å². The van der Waals surface area contributed by atoms with Crippen molar-refractivity contribution in [1.82, 2.24) is 4.31 Å². The van der Waals surface area contributed by atoms with Crippen LogP contribution in [0.4, 0.5) is 0 Å². The van der Waals surface area contributed by atoms with Gasteiger partial charge in [-0.15, -0.1) is 0 Å². The van der Waals surface area contributed by atoms with E-state index in [0.29, 0.717) is 25.1 Å². The SMILES string of the molecule is CCCC(=O)c1ccc(S(=O)(=O)N(CC)CC)cc1. The van der Waals surface area contributed by atoms with Gasteiger partial charge in [0.15, 0.2) is 5.78 Å². The molecule has 0 bridgehead atoms. The Morgan fingerprint density at radius 2 is 1.58 bits per heavy atom. The van der Waals surface area contributed by atoms with Gasteiger partial charge in [0.05, 0.1) is 4.90 Å². The molecule has 0 saturated heterocycles. The standard InChI is InChI=1S/C14H21NO3S/c1-4-7-14(16)12-8-10-13(11-9-12)19(17,18)15(5-2)6-3/h8-11H,4-7H2,1-3H3. The maximum absolute atomic E-state index is 12.2. The lowest BCUT2D eigenvalue weighted by Crippen LogP contribution is -2.30. The average Bonchev–Trinajstić information content (AvgIpc) is 2.40. The zero-order chi connectivity index (χ0) is 14.5. The zero-order valence-electron chi connectivity index (χ0n) is 11.7. The van der Waals surface area contributed by atoms with Gasteiger partial charge in [0.25, 0.3) is 0 Å². The van der Waals surface area contributed by atoms with Crippen LogP contribution in [0.1, 0.15) is 44.0 Å². The third kappa shape index (κ3) is 3.64. The van der Waals surface area contributed by atoms with E-state index in [-0.39, 0.29) is 10.7 Å². The van der Waals surface area contributed by atoms with Crippen LogP contribution in [-0.2, 0) is 10.0 Å². The number of rotatable bonds is 7. The van der Waals surface area contributed by atoms with Crippen molar-refractivity contribution in [1.29, 1.82) is 0 Å². The van der Waals surface area contributed by atoms with Gasteiger partial charge >= 0.3 is 0 Å². The van der Waals surface area contributed by atoms with E-state index >= 15 is 0 Å². The molecule has 106 valence electrons. The molecule has 0 aliphatic heterocycles. The number of hydrogen-bond donors (Lipinski definition) is 0. The molecule has 0 amide bonds. The van der Waals surface area contributed by atoms with Crippen molar-refractivity contribution in [3.05, 3.63) is 29.8 Å². The third-order valence-electron chi connectivity index (χ3n) is 3.00. The minimum atomic E-state index is -3.43. The molecule has 0 heterocycles. The van der Waals surface area contributed by atoms with Crippen LogP contribution < -0.4 is 0 Å². The van der Waals surface area contributed by atoms with E-state index in [0.717, 1.165) is 6.42 Å². The fraction of sp³-hybridized carbons (Fsp3) is 0.500. The maximum Gasteiger partial charge on any atom is 0.243 e. The van der Waals surface area contributed by atoms with Crippen molar-refractivity contribution >= 4 is 15.8 Å². The van der Waals surface area contributed by atoms with Crippen LogP contribution in [0.25, 0.3) is 0 Å². The van der Waals surface area contributed by atoms with Gasteiger partial charge in [-0.3, -0.25) is 4.79 Å². The van der Waals surface area contributed by atoms with E-state index in [9.17, 15) is 13.2 Å². The molecular formula is C14H21NO3S. The summed E-state index contributed by atoms with van der Waals surface area (Å²) in [6.07, 6.45) is 1.28. The first kappa shape index (κ1) is 15.9. The van der Waals surface area contributed by atoms with E-state index in [2.05, 4.69) is 0 Å². The number of hydrogen-bond acceptors (Lipinski definition) is 3. The van der Waals surface area contributed by atoms with Crippen molar-refractivity contribution in [2.75, 3.05) is 13.1 Å². The van der Waals surface area contributed by atoms with Gasteiger partial charge in [-0.2, -0.15) is 4.31 Å². The fourth-order valence-corrected chi connectivity index (χ4v) is 3.35. The largest absolute Gasteiger partial charge is 0.294 e. The summed E-state index contributed by atoms with van der Waals surface area (Å²) in [4.78, 5) is 11.9. The maximum atomic E-state index is 12.2. The lowest BCUT2D eigenvalue weighted by molar-refractivity contribution is 0.0981. The molecule has 0 radical (unpaired) electrons. The molecule has 4 nitrogen and oxygen atoms in total. The van der Waals surface area contributed by atoms with Crippen molar-refractivity contribution < 1.29 is 13.2 Å². The number of carbonyl (C=O) groups excluding carboxylic acids is 1. The Morgan fingerprint density at radius 3 is 2.00 bits per heavy atom. The predicted molar refractivity (Wildman–Crippen MR) is 75.8 cm³/mol. The first-order valence-electron chi connectivity index (χ1n) is 6.60. The Bertz CT molecular complexity index is 516. The van der Waals surface area contributed by atoms with E-state index in [4.69, 9.17) is 0 Å². The number of Topliss-reactive ketones (excluding diaryl/α,β-unsaturated/α-hetero) is 1. The van der Waals surface area contributed by atoms with Crippen LogP contribution in [0.15, 0.2) is 29.2 Å². The Hall–Kier alpha value is -1.20. The highest BCUT2D eigenvalue weighted by Gasteiger charge is 2.21. The van der Waals surface area contributed by atoms with Crippen molar-refractivity contribution in [3.8, 4) is 0 Å². The summed E-state index contributed by atoms with van der Waals surface area (Å²) in [7, 11) is -3.43. The van der Waals surface area contributed by atoms with Crippen LogP contribution in [0.5, 0.6) is 0 Å². The van der Waals surface area contributed by atoms with Gasteiger partial charge in [-0.1, -0.05) is 32.9 Å². The van der Waals surface area contributed by atoms with Gasteiger partial charge in [0, 0.05) is 25.1 Å². The summed E-state index contributed by atoms with van der Waals surface area (Å²) in [6.45, 7) is 6.43. The van der Waals surface area contributed by atoms with Crippen LogP contribution >= 0.6 is 0 Å². The normalized spacial score (nSPS) is 11.8. The second-order valence-corrected chi connectivity index (χ2v) is 6.22. The molecule has 1 rings (SSSR count). The molecule has 0 aliphatic carbocycles. The molecule has 0 unspecified atom stereocenters. The lowest BCUT2D eigenvalue weighted by Gasteiger charge is -2.18. The van der Waals surface area contributed by atoms with Crippen LogP contribution in [0, 0.1) is 0 Å². The molecule has 0 aliphatic rings. The third-order valence-corrected chi connectivity index (χ3v) is 5.06. The highest BCUT2D eigenvalue weighted by molar-refractivity contribution is 7.89. The number of sulfonamides is 1. The zero-order valence-corrected chi connectivity index (χ0v) is 12.5. The molecular weight excluding hydrogens is 262 g/mol. The first-order chi connectivity index (χ1) is 8.97. The van der Waals surface area contributed by atoms with Gasteiger partial charge in [0.1, 0.15) is 0 Å². The Morgan fingerprint density at radius 1 is 1.05 bits per heavy atom. The fourth-order valence-electron chi connectivity index (χ4n) is 1.90. The topological polar surface area (TPSA) is 54.5 Å². The summed E-state index contributed by atoms with van der Waals surface area (Å²) in [5.41, 5.74) is 0.570. The highest BCUT2D eigenvalue weighted by atomic mass is 32.2. The molecule has 0 spiro atoms. The predicted octanol–water partition coefficient (Wildman–Crippen LogP) is 2.70.